The van der Waals surface area contributed by atoms with Gasteiger partial charge in [-0.15, -0.1) is 0 Å². The van der Waals surface area contributed by atoms with E-state index in [-0.39, 0.29) is 772 Å². The van der Waals surface area contributed by atoms with Gasteiger partial charge in [0.15, 0.2) is 0 Å². The molecule has 46 heavy (non-hydrogen) atoms. The van der Waals surface area contributed by atoms with Gasteiger partial charge in [0.1, 0.15) is 0 Å². The van der Waals surface area contributed by atoms with Crippen molar-refractivity contribution in [3.63, 3.8) is 0 Å². The van der Waals surface area contributed by atoms with Crippen LogP contribution in [0.3, 0.4) is 0 Å². The number of rotatable bonds is 0. The molecule has 0 amide bonds. The maximum atomic E-state index is 0. The van der Waals surface area contributed by atoms with Crippen LogP contribution in [-0.4, -0.2) is 0 Å². The fourth-order valence-electron chi connectivity index (χ4n) is 0. The van der Waals surface area contributed by atoms with Gasteiger partial charge >= 0.3 is 0 Å². The zero-order valence-corrected chi connectivity index (χ0v) is 63.2. The third kappa shape index (κ3) is 545. The summed E-state index contributed by atoms with van der Waals surface area (Å²) in [5.74, 6) is 0. The van der Waals surface area contributed by atoms with Crippen molar-refractivity contribution in [1.29, 1.82) is 0 Å². The minimum atomic E-state index is 0. The zero-order valence-electron chi connectivity index (χ0n) is 15.3. The molecule has 0 aliphatic carbocycles. The molecule has 0 bridgehead atoms. The molecule has 0 saturated carbocycles. The van der Waals surface area contributed by atoms with E-state index in [1.54, 1.807) is 0 Å². The van der Waals surface area contributed by atoms with E-state index < -0.39 is 0 Å². The monoisotopic (exact) mass is 2710 g/mol. The first kappa shape index (κ1) is 596. The molecule has 46 heteroatoms. The molecule has 0 saturated heterocycles. The molecule has 0 aliphatic heterocycles. The summed E-state index contributed by atoms with van der Waals surface area (Å²) >= 11 is 0. The number of hydrogen-bond donors (Lipinski definition) is 0. The maximum Gasteiger partial charge on any atom is 0 e. The SMILES string of the molecule is [Co].[Co].[Co].[Co].[Co].[Co].[Co].[Co].[Co].[Co].[Co].[Co].[Co].[Co].[Co].[Co].[Co].[Co].[Co].[Co].[Co].[Co].[Co].[Co].[Co].[Co].[Co].[Co].[Co].[Co].[Co].[Co].[Co].[Co].[Co].[Co].[Co].[Co].[Co].[Co].[Co].[Co].[Co].[Co].[Co].[Co]. The summed E-state index contributed by atoms with van der Waals surface area (Å²) in [6, 6.07) is 0. The quantitative estimate of drug-likeness (QED) is 0.318. The molecular weight excluding hydrogens is 2710 g/mol. The van der Waals surface area contributed by atoms with Crippen LogP contribution in [0, 0.1) is 0 Å². The van der Waals surface area contributed by atoms with Gasteiger partial charge in [-0.05, 0) is 0 Å². The molecule has 0 fully saturated rings. The molecule has 0 aromatic heterocycles. The van der Waals surface area contributed by atoms with Crippen LogP contribution in [0.4, 0.5) is 0 Å². The Labute approximate surface area is 752 Å². The Hall–Kier alpha value is 23.3. The van der Waals surface area contributed by atoms with Crippen LogP contribution in [-0.2, 0) is 772 Å². The second-order valence-corrected chi connectivity index (χ2v) is 0. The second-order valence-electron chi connectivity index (χ2n) is 0. The van der Waals surface area contributed by atoms with Crippen LogP contribution >= 0.6 is 0 Å². The summed E-state index contributed by atoms with van der Waals surface area (Å²) in [4.78, 5) is 0. The van der Waals surface area contributed by atoms with Crippen molar-refractivity contribution < 1.29 is 772 Å². The molecule has 0 unspecified atom stereocenters. The normalized spacial score (nSPS) is 0. The van der Waals surface area contributed by atoms with Crippen LogP contribution in [0.1, 0.15) is 0 Å². The maximum absolute atomic E-state index is 0. The van der Waals surface area contributed by atoms with Crippen molar-refractivity contribution in [2.75, 3.05) is 0 Å². The van der Waals surface area contributed by atoms with Crippen LogP contribution in [0.2, 0.25) is 0 Å². The summed E-state index contributed by atoms with van der Waals surface area (Å²) in [5.41, 5.74) is 0. The van der Waals surface area contributed by atoms with Crippen molar-refractivity contribution in [1.82, 2.24) is 0 Å². The molecule has 0 N–H and O–H groups in total. The Morgan fingerprint density at radius 3 is 0.0217 bits per heavy atom. The molecule has 0 spiro atoms. The van der Waals surface area contributed by atoms with Gasteiger partial charge in [-0.25, -0.2) is 0 Å². The third-order valence-corrected chi connectivity index (χ3v) is 0. The first-order valence-electron chi connectivity index (χ1n) is 0. The van der Waals surface area contributed by atoms with E-state index in [4.69, 9.17) is 0 Å². The van der Waals surface area contributed by atoms with E-state index >= 15 is 0 Å². The predicted molar refractivity (Wildman–Crippen MR) is 0 cm³/mol. The van der Waals surface area contributed by atoms with Crippen LogP contribution in [0.5, 0.6) is 0 Å². The number of hydrogen-bond acceptors (Lipinski definition) is 0. The summed E-state index contributed by atoms with van der Waals surface area (Å²) in [5, 5.41) is 0. The summed E-state index contributed by atoms with van der Waals surface area (Å²) in [7, 11) is 0. The summed E-state index contributed by atoms with van der Waals surface area (Å²) in [6.07, 6.45) is 0. The van der Waals surface area contributed by atoms with Crippen molar-refractivity contribution in [2.24, 2.45) is 0 Å². The van der Waals surface area contributed by atoms with E-state index in [0.29, 0.717) is 0 Å². The Morgan fingerprint density at radius 2 is 0.0217 bits per heavy atom. The molecule has 0 heterocycles. The van der Waals surface area contributed by atoms with Crippen molar-refractivity contribution >= 4 is 0 Å². The van der Waals surface area contributed by atoms with Gasteiger partial charge < -0.3 is 0 Å². The van der Waals surface area contributed by atoms with Crippen molar-refractivity contribution in [3.8, 4) is 0 Å². The Balaban J connectivity index is 0. The standard InChI is InChI=1S/46Co. The fourth-order valence-corrected chi connectivity index (χ4v) is 0. The Morgan fingerprint density at radius 1 is 0.0217 bits per heavy atom. The van der Waals surface area contributed by atoms with Gasteiger partial charge in [-0.1, -0.05) is 0 Å². The third-order valence-electron chi connectivity index (χ3n) is 0. The van der Waals surface area contributed by atoms with Crippen LogP contribution < -0.4 is 0 Å². The van der Waals surface area contributed by atoms with Gasteiger partial charge in [0, 0.05) is 772 Å². The van der Waals surface area contributed by atoms with E-state index in [1.807, 2.05) is 0 Å². The second kappa shape index (κ2) is 570. The van der Waals surface area contributed by atoms with Gasteiger partial charge in [0.25, 0.3) is 0 Å². The topological polar surface area (TPSA) is 0 Å². The van der Waals surface area contributed by atoms with Crippen molar-refractivity contribution in [3.05, 3.63) is 0 Å². The molecule has 46 radical (unpaired) electrons. The van der Waals surface area contributed by atoms with Crippen LogP contribution in [0.25, 0.3) is 0 Å². The van der Waals surface area contributed by atoms with E-state index in [2.05, 4.69) is 0 Å². The molecule has 414 valence electrons. The molecule has 0 aromatic rings. The molecule has 0 aliphatic rings. The Kier molecular flexibility index (Phi) is 7380. The molecule has 0 rings (SSSR count). The molecule has 0 aromatic carbocycles. The molecule has 0 nitrogen and oxygen atoms in total. The fraction of sp³-hybridized carbons (Fsp3) is 0. The van der Waals surface area contributed by atoms with E-state index in [1.165, 1.54) is 0 Å². The van der Waals surface area contributed by atoms with E-state index in [9.17, 15) is 0 Å². The molecular formula is Co46. The van der Waals surface area contributed by atoms with E-state index in [0.717, 1.165) is 0 Å². The zero-order chi connectivity index (χ0) is 0. The minimum Gasteiger partial charge on any atom is 0 e. The first-order chi connectivity index (χ1) is 0. The first-order valence-corrected chi connectivity index (χ1v) is 0. The largest absolute Gasteiger partial charge is 0 e. The predicted octanol–water partition coefficient (Wildman–Crippen LogP) is -0.115. The van der Waals surface area contributed by atoms with Gasteiger partial charge in [-0.3, -0.25) is 0 Å². The minimum absolute atomic E-state index is 0. The summed E-state index contributed by atoms with van der Waals surface area (Å²) in [6.45, 7) is 0. The Bertz CT molecular complexity index is 0. The van der Waals surface area contributed by atoms with Crippen LogP contribution in [0.15, 0.2) is 0 Å². The van der Waals surface area contributed by atoms with Gasteiger partial charge in [0.2, 0.25) is 0 Å². The van der Waals surface area contributed by atoms with Crippen molar-refractivity contribution in [2.45, 2.75) is 0 Å². The van der Waals surface area contributed by atoms with Gasteiger partial charge in [-0.2, -0.15) is 0 Å². The smallest absolute Gasteiger partial charge is 0 e. The van der Waals surface area contributed by atoms with Gasteiger partial charge in [0.05, 0.1) is 0 Å². The average molecular weight is 2710 g/mol. The average Bonchev–Trinajstić information content (AvgIpc) is 0. The molecule has 0 atom stereocenters. The summed E-state index contributed by atoms with van der Waals surface area (Å²) < 4.78 is 0.